The summed E-state index contributed by atoms with van der Waals surface area (Å²) in [6.45, 7) is 2.01. The van der Waals surface area contributed by atoms with Crippen molar-refractivity contribution in [1.82, 2.24) is 4.98 Å². The highest BCUT2D eigenvalue weighted by molar-refractivity contribution is 7.99. The fourth-order valence-corrected chi connectivity index (χ4v) is 1.46. The summed E-state index contributed by atoms with van der Waals surface area (Å²) in [6, 6.07) is 1.63. The number of rotatable bonds is 3. The third-order valence-electron chi connectivity index (χ3n) is 1.27. The Kier molecular flexibility index (Phi) is 3.10. The van der Waals surface area contributed by atoms with Crippen LogP contribution in [0.4, 0.5) is 0 Å². The van der Waals surface area contributed by atoms with Gasteiger partial charge in [-0.2, -0.15) is 0 Å². The lowest BCUT2D eigenvalue weighted by Gasteiger charge is -1.98. The second kappa shape index (κ2) is 4.11. The molecule has 1 aromatic rings. The molecule has 0 saturated heterocycles. The Morgan fingerprint density at radius 2 is 2.42 bits per heavy atom. The van der Waals surface area contributed by atoms with Gasteiger partial charge in [-0.1, -0.05) is 6.92 Å². The molecular weight excluding hydrogens is 174 g/mol. The van der Waals surface area contributed by atoms with Gasteiger partial charge in [-0.05, 0) is 11.8 Å². The quantitative estimate of drug-likeness (QED) is 0.727. The zero-order chi connectivity index (χ0) is 8.97. The maximum absolute atomic E-state index is 10.5. The number of pyridine rings is 1. The smallest absolute Gasteiger partial charge is 0.337 e. The largest absolute Gasteiger partial charge is 0.478 e. The van der Waals surface area contributed by atoms with Crippen LogP contribution in [0.15, 0.2) is 23.4 Å². The second-order valence-corrected chi connectivity index (χ2v) is 3.48. The van der Waals surface area contributed by atoms with Gasteiger partial charge in [0.05, 0.1) is 5.56 Å². The first-order valence-corrected chi connectivity index (χ1v) is 4.53. The molecule has 12 heavy (non-hydrogen) atoms. The number of thioether (sulfide) groups is 1. The van der Waals surface area contributed by atoms with E-state index in [4.69, 9.17) is 5.11 Å². The summed E-state index contributed by atoms with van der Waals surface area (Å²) < 4.78 is 0. The third kappa shape index (κ3) is 2.23. The highest BCUT2D eigenvalue weighted by atomic mass is 32.2. The molecule has 1 N–H and O–H groups in total. The average molecular weight is 183 g/mol. The first-order valence-electron chi connectivity index (χ1n) is 3.55. The summed E-state index contributed by atoms with van der Waals surface area (Å²) in [5, 5.41) is 8.63. The van der Waals surface area contributed by atoms with Crippen LogP contribution < -0.4 is 0 Å². The summed E-state index contributed by atoms with van der Waals surface area (Å²) >= 11 is 1.58. The molecule has 0 fully saturated rings. The number of carbonyl (C=O) groups is 1. The molecule has 0 bridgehead atoms. The van der Waals surface area contributed by atoms with E-state index in [0.717, 1.165) is 10.6 Å². The van der Waals surface area contributed by atoms with E-state index in [1.54, 1.807) is 24.0 Å². The Hall–Kier alpha value is -1.03. The van der Waals surface area contributed by atoms with Gasteiger partial charge in [-0.25, -0.2) is 4.79 Å². The van der Waals surface area contributed by atoms with Crippen LogP contribution in [0.3, 0.4) is 0 Å². The number of aromatic carboxylic acids is 1. The molecular formula is C8H9NO2S. The summed E-state index contributed by atoms with van der Waals surface area (Å²) in [4.78, 5) is 15.2. The van der Waals surface area contributed by atoms with E-state index in [0.29, 0.717) is 0 Å². The van der Waals surface area contributed by atoms with E-state index in [9.17, 15) is 4.79 Å². The van der Waals surface area contributed by atoms with Crippen molar-refractivity contribution in [3.8, 4) is 0 Å². The van der Waals surface area contributed by atoms with E-state index in [1.807, 2.05) is 6.92 Å². The number of carboxylic acids is 1. The molecule has 0 spiro atoms. The van der Waals surface area contributed by atoms with Crippen molar-refractivity contribution in [3.63, 3.8) is 0 Å². The highest BCUT2D eigenvalue weighted by Gasteiger charge is 2.03. The Labute approximate surface area is 74.8 Å². The van der Waals surface area contributed by atoms with Gasteiger partial charge < -0.3 is 5.11 Å². The SMILES string of the molecule is CCSc1cncc(C(=O)O)c1. The lowest BCUT2D eigenvalue weighted by molar-refractivity contribution is 0.0696. The molecule has 0 aliphatic rings. The Balaban J connectivity index is 2.88. The standard InChI is InChI=1S/C8H9NO2S/c1-2-12-7-3-6(8(10)11)4-9-5-7/h3-5H,2H2,1H3,(H,10,11). The summed E-state index contributed by atoms with van der Waals surface area (Å²) in [5.41, 5.74) is 0.244. The average Bonchev–Trinajstić information content (AvgIpc) is 2.05. The Morgan fingerprint density at radius 3 is 3.00 bits per heavy atom. The van der Waals surface area contributed by atoms with Gasteiger partial charge in [-0.3, -0.25) is 4.98 Å². The van der Waals surface area contributed by atoms with Gasteiger partial charge in [-0.15, -0.1) is 11.8 Å². The fourth-order valence-electron chi connectivity index (χ4n) is 0.781. The van der Waals surface area contributed by atoms with Gasteiger partial charge in [0.1, 0.15) is 0 Å². The third-order valence-corrected chi connectivity index (χ3v) is 2.12. The zero-order valence-electron chi connectivity index (χ0n) is 6.65. The number of hydrogen-bond acceptors (Lipinski definition) is 3. The molecule has 3 nitrogen and oxygen atoms in total. The van der Waals surface area contributed by atoms with Crippen LogP contribution in [0.2, 0.25) is 0 Å². The first-order chi connectivity index (χ1) is 5.74. The van der Waals surface area contributed by atoms with Crippen molar-refractivity contribution in [2.75, 3.05) is 5.75 Å². The van der Waals surface area contributed by atoms with Crippen LogP contribution in [0.25, 0.3) is 0 Å². The molecule has 0 atom stereocenters. The molecule has 1 aromatic heterocycles. The number of nitrogens with zero attached hydrogens (tertiary/aromatic N) is 1. The molecule has 0 aliphatic carbocycles. The molecule has 0 aliphatic heterocycles. The van der Waals surface area contributed by atoms with E-state index in [2.05, 4.69) is 4.98 Å². The normalized spacial score (nSPS) is 9.75. The van der Waals surface area contributed by atoms with Crippen molar-refractivity contribution in [2.24, 2.45) is 0 Å². The molecule has 0 aromatic carbocycles. The van der Waals surface area contributed by atoms with Crippen molar-refractivity contribution in [3.05, 3.63) is 24.0 Å². The van der Waals surface area contributed by atoms with Gasteiger partial charge in [0.2, 0.25) is 0 Å². The predicted molar refractivity (Wildman–Crippen MR) is 47.6 cm³/mol. The predicted octanol–water partition coefficient (Wildman–Crippen LogP) is 1.89. The highest BCUT2D eigenvalue weighted by Crippen LogP contribution is 2.16. The molecule has 1 heterocycles. The number of hydrogen-bond donors (Lipinski definition) is 1. The van der Waals surface area contributed by atoms with Crippen LogP contribution in [-0.2, 0) is 0 Å². The summed E-state index contributed by atoms with van der Waals surface area (Å²) in [5.74, 6) is -0.00820. The lowest BCUT2D eigenvalue weighted by Crippen LogP contribution is -1.96. The molecule has 4 heteroatoms. The molecule has 0 saturated carbocycles. The molecule has 1 rings (SSSR count). The van der Waals surface area contributed by atoms with Crippen LogP contribution in [0, 0.1) is 0 Å². The first kappa shape index (κ1) is 9.06. The summed E-state index contributed by atoms with van der Waals surface area (Å²) in [6.07, 6.45) is 3.02. The van der Waals surface area contributed by atoms with Gasteiger partial charge >= 0.3 is 5.97 Å². The van der Waals surface area contributed by atoms with Gasteiger partial charge in [0.15, 0.2) is 0 Å². The lowest BCUT2D eigenvalue weighted by atomic mass is 10.3. The minimum atomic E-state index is -0.930. The Bertz CT molecular complexity index is 288. The van der Waals surface area contributed by atoms with Gasteiger partial charge in [0.25, 0.3) is 0 Å². The topological polar surface area (TPSA) is 50.2 Å². The van der Waals surface area contributed by atoms with Crippen molar-refractivity contribution < 1.29 is 9.90 Å². The minimum Gasteiger partial charge on any atom is -0.478 e. The zero-order valence-corrected chi connectivity index (χ0v) is 7.47. The maximum atomic E-state index is 10.5. The van der Waals surface area contributed by atoms with E-state index in [1.165, 1.54) is 6.20 Å². The van der Waals surface area contributed by atoms with Crippen LogP contribution in [0.5, 0.6) is 0 Å². The number of carboxylic acid groups (broad SMARTS) is 1. The maximum Gasteiger partial charge on any atom is 0.337 e. The van der Waals surface area contributed by atoms with Crippen molar-refractivity contribution >= 4 is 17.7 Å². The van der Waals surface area contributed by atoms with Crippen LogP contribution in [-0.4, -0.2) is 21.8 Å². The fraction of sp³-hybridized carbons (Fsp3) is 0.250. The van der Waals surface area contributed by atoms with E-state index in [-0.39, 0.29) is 5.56 Å². The second-order valence-electron chi connectivity index (χ2n) is 2.15. The Morgan fingerprint density at radius 1 is 1.67 bits per heavy atom. The molecule has 0 amide bonds. The monoisotopic (exact) mass is 183 g/mol. The van der Waals surface area contributed by atoms with Crippen molar-refractivity contribution in [2.45, 2.75) is 11.8 Å². The summed E-state index contributed by atoms with van der Waals surface area (Å²) in [7, 11) is 0. The van der Waals surface area contributed by atoms with Crippen molar-refractivity contribution in [1.29, 1.82) is 0 Å². The van der Waals surface area contributed by atoms with Crippen LogP contribution in [0.1, 0.15) is 17.3 Å². The molecule has 0 radical (unpaired) electrons. The van der Waals surface area contributed by atoms with E-state index < -0.39 is 5.97 Å². The van der Waals surface area contributed by atoms with Gasteiger partial charge in [0, 0.05) is 17.3 Å². The van der Waals surface area contributed by atoms with Crippen LogP contribution >= 0.6 is 11.8 Å². The minimum absolute atomic E-state index is 0.244. The number of aromatic nitrogens is 1. The molecule has 0 unspecified atom stereocenters. The van der Waals surface area contributed by atoms with E-state index >= 15 is 0 Å². The molecule has 64 valence electrons.